The minimum atomic E-state index is -2.01. The molecule has 0 fully saturated rings. The lowest BCUT2D eigenvalue weighted by Gasteiger charge is -2.41. The second kappa shape index (κ2) is 9.34. The molecule has 0 N–H and O–H groups in total. The van der Waals surface area contributed by atoms with Crippen LogP contribution >= 0.6 is 0 Å². The summed E-state index contributed by atoms with van der Waals surface area (Å²) < 4.78 is 12.0. The van der Waals surface area contributed by atoms with Gasteiger partial charge in [0, 0.05) is 0 Å². The van der Waals surface area contributed by atoms with Crippen molar-refractivity contribution >= 4 is 14.3 Å². The zero-order valence-electron chi connectivity index (χ0n) is 16.7. The normalized spacial score (nSPS) is 14.6. The number of carbonyl (C=O) groups is 1. The van der Waals surface area contributed by atoms with Crippen LogP contribution in [-0.2, 0) is 20.4 Å². The Morgan fingerprint density at radius 2 is 1.84 bits per heavy atom. The fraction of sp³-hybridized carbons (Fsp3) is 0.571. The Morgan fingerprint density at radius 1 is 1.24 bits per heavy atom. The smallest absolute Gasteiger partial charge is 0.311 e. The van der Waals surface area contributed by atoms with Gasteiger partial charge in [0.15, 0.2) is 8.32 Å². The fourth-order valence-corrected chi connectivity index (χ4v) is 3.87. The van der Waals surface area contributed by atoms with Crippen molar-refractivity contribution in [2.45, 2.75) is 64.8 Å². The molecule has 1 aromatic carbocycles. The van der Waals surface area contributed by atoms with Crippen molar-refractivity contribution in [3.8, 4) is 0 Å². The van der Waals surface area contributed by atoms with Crippen LogP contribution in [0.25, 0.3) is 0 Å². The number of esters is 1. The van der Waals surface area contributed by atoms with Crippen LogP contribution in [0.15, 0.2) is 43.0 Å². The Kier molecular flexibility index (Phi) is 8.09. The van der Waals surface area contributed by atoms with Crippen molar-refractivity contribution in [3.63, 3.8) is 0 Å². The predicted molar refractivity (Wildman–Crippen MR) is 107 cm³/mol. The Balaban J connectivity index is 3.11. The largest absolute Gasteiger partial charge is 0.466 e. The molecule has 0 bridgehead atoms. The standard InChI is InChI=1S/C21H34O3Si/c1-8-13-19(24-25(6,7)21(3,4)5)18(20(22)23-9-2)16-17-14-11-10-12-15-17/h8,10-12,14-15,18-19H,1,9,13,16H2,2-7H3/t18-,19-/m0/s1. The summed E-state index contributed by atoms with van der Waals surface area (Å²) in [6, 6.07) is 10.1. The molecule has 140 valence electrons. The number of rotatable bonds is 9. The highest BCUT2D eigenvalue weighted by Gasteiger charge is 2.42. The molecule has 0 amide bonds. The van der Waals surface area contributed by atoms with Crippen molar-refractivity contribution in [1.29, 1.82) is 0 Å². The van der Waals surface area contributed by atoms with Crippen molar-refractivity contribution in [1.82, 2.24) is 0 Å². The van der Waals surface area contributed by atoms with Crippen LogP contribution in [0.1, 0.15) is 39.7 Å². The summed E-state index contributed by atoms with van der Waals surface area (Å²) in [7, 11) is -2.01. The molecule has 0 heterocycles. The summed E-state index contributed by atoms with van der Waals surface area (Å²) in [4.78, 5) is 12.7. The third-order valence-corrected chi connectivity index (χ3v) is 9.49. The number of ether oxygens (including phenoxy) is 1. The molecule has 1 rings (SSSR count). The van der Waals surface area contributed by atoms with E-state index < -0.39 is 8.32 Å². The molecule has 25 heavy (non-hydrogen) atoms. The lowest BCUT2D eigenvalue weighted by atomic mass is 9.92. The number of hydrogen-bond donors (Lipinski definition) is 0. The molecule has 0 aromatic heterocycles. The zero-order chi connectivity index (χ0) is 19.1. The van der Waals surface area contributed by atoms with Crippen molar-refractivity contribution in [2.75, 3.05) is 6.61 Å². The maximum atomic E-state index is 12.7. The van der Waals surface area contributed by atoms with Crippen LogP contribution in [0.3, 0.4) is 0 Å². The topological polar surface area (TPSA) is 35.5 Å². The van der Waals surface area contributed by atoms with E-state index in [1.807, 2.05) is 43.3 Å². The van der Waals surface area contributed by atoms with Gasteiger partial charge < -0.3 is 9.16 Å². The van der Waals surface area contributed by atoms with Gasteiger partial charge in [0.1, 0.15) is 0 Å². The monoisotopic (exact) mass is 362 g/mol. The van der Waals surface area contributed by atoms with Crippen LogP contribution in [0.4, 0.5) is 0 Å². The lowest BCUT2D eigenvalue weighted by molar-refractivity contribution is -0.151. The van der Waals surface area contributed by atoms with Gasteiger partial charge in [0.05, 0.1) is 18.6 Å². The molecule has 0 aliphatic carbocycles. The van der Waals surface area contributed by atoms with Crippen molar-refractivity contribution < 1.29 is 14.0 Å². The average molecular weight is 363 g/mol. The van der Waals surface area contributed by atoms with Gasteiger partial charge in [0.2, 0.25) is 0 Å². The number of carbonyl (C=O) groups excluding carboxylic acids is 1. The lowest BCUT2D eigenvalue weighted by Crippen LogP contribution is -2.47. The van der Waals surface area contributed by atoms with E-state index in [-0.39, 0.29) is 23.0 Å². The summed E-state index contributed by atoms with van der Waals surface area (Å²) in [5.41, 5.74) is 1.12. The van der Waals surface area contributed by atoms with Gasteiger partial charge >= 0.3 is 5.97 Å². The van der Waals surface area contributed by atoms with Gasteiger partial charge in [-0.05, 0) is 43.5 Å². The van der Waals surface area contributed by atoms with E-state index in [1.165, 1.54) is 0 Å². The van der Waals surface area contributed by atoms with Crippen LogP contribution in [-0.4, -0.2) is 27.0 Å². The molecular weight excluding hydrogens is 328 g/mol. The van der Waals surface area contributed by atoms with Crippen LogP contribution in [0.2, 0.25) is 18.1 Å². The zero-order valence-corrected chi connectivity index (χ0v) is 17.7. The molecule has 1 aromatic rings. The van der Waals surface area contributed by atoms with E-state index in [4.69, 9.17) is 9.16 Å². The van der Waals surface area contributed by atoms with Gasteiger partial charge in [-0.2, -0.15) is 0 Å². The highest BCUT2D eigenvalue weighted by Crippen LogP contribution is 2.39. The van der Waals surface area contributed by atoms with Crippen LogP contribution in [0.5, 0.6) is 0 Å². The molecule has 0 unspecified atom stereocenters. The SMILES string of the molecule is C=CC[C@H](O[Si](C)(C)C(C)(C)C)[C@H](Cc1ccccc1)C(=O)OCC. The Morgan fingerprint density at radius 3 is 2.32 bits per heavy atom. The highest BCUT2D eigenvalue weighted by molar-refractivity contribution is 6.74. The molecule has 0 aliphatic heterocycles. The Labute approximate surface area is 154 Å². The molecule has 0 aliphatic rings. The molecule has 0 spiro atoms. The van der Waals surface area contributed by atoms with E-state index in [2.05, 4.69) is 40.4 Å². The highest BCUT2D eigenvalue weighted by atomic mass is 28.4. The molecule has 0 radical (unpaired) electrons. The first-order valence-corrected chi connectivity index (χ1v) is 12.0. The molecule has 0 saturated heterocycles. The maximum Gasteiger partial charge on any atom is 0.311 e. The minimum absolute atomic E-state index is 0.0817. The molecule has 2 atom stereocenters. The third kappa shape index (κ3) is 6.44. The average Bonchev–Trinajstić information content (AvgIpc) is 2.52. The first-order chi connectivity index (χ1) is 11.6. The Hall–Kier alpha value is -1.39. The van der Waals surface area contributed by atoms with E-state index in [9.17, 15) is 4.79 Å². The van der Waals surface area contributed by atoms with Gasteiger partial charge in [0.25, 0.3) is 0 Å². The van der Waals surface area contributed by atoms with E-state index in [0.29, 0.717) is 19.4 Å². The summed E-state index contributed by atoms with van der Waals surface area (Å²) in [6.07, 6.45) is 2.89. The second-order valence-electron chi connectivity index (χ2n) is 7.99. The summed E-state index contributed by atoms with van der Waals surface area (Å²) in [5.74, 6) is -0.508. The van der Waals surface area contributed by atoms with E-state index >= 15 is 0 Å². The van der Waals surface area contributed by atoms with Crippen molar-refractivity contribution in [2.24, 2.45) is 5.92 Å². The Bertz CT molecular complexity index is 546. The summed E-state index contributed by atoms with van der Waals surface area (Å²) in [5, 5.41) is 0.0817. The fourth-order valence-electron chi connectivity index (χ4n) is 2.50. The first kappa shape index (κ1) is 21.6. The maximum absolute atomic E-state index is 12.7. The number of benzene rings is 1. The minimum Gasteiger partial charge on any atom is -0.466 e. The predicted octanol–water partition coefficient (Wildman–Crippen LogP) is 5.37. The van der Waals surface area contributed by atoms with Gasteiger partial charge in [-0.15, -0.1) is 6.58 Å². The van der Waals surface area contributed by atoms with Crippen molar-refractivity contribution in [3.05, 3.63) is 48.6 Å². The molecule has 3 nitrogen and oxygen atoms in total. The van der Waals surface area contributed by atoms with Gasteiger partial charge in [-0.3, -0.25) is 4.79 Å². The van der Waals surface area contributed by atoms with E-state index in [0.717, 1.165) is 5.56 Å². The summed E-state index contributed by atoms with van der Waals surface area (Å²) >= 11 is 0. The summed E-state index contributed by atoms with van der Waals surface area (Å²) in [6.45, 7) is 17.2. The molecule has 0 saturated carbocycles. The molecule has 4 heteroatoms. The first-order valence-electron chi connectivity index (χ1n) is 9.11. The third-order valence-electron chi connectivity index (χ3n) is 4.99. The van der Waals surface area contributed by atoms with Gasteiger partial charge in [-0.1, -0.05) is 57.2 Å². The van der Waals surface area contributed by atoms with Crippen LogP contribution < -0.4 is 0 Å². The number of hydrogen-bond acceptors (Lipinski definition) is 3. The quantitative estimate of drug-likeness (QED) is 0.336. The van der Waals surface area contributed by atoms with Gasteiger partial charge in [-0.25, -0.2) is 0 Å². The van der Waals surface area contributed by atoms with E-state index in [1.54, 1.807) is 0 Å². The second-order valence-corrected chi connectivity index (χ2v) is 12.7. The van der Waals surface area contributed by atoms with Crippen LogP contribution in [0, 0.1) is 5.92 Å². The molecular formula is C21H34O3Si.